The van der Waals surface area contributed by atoms with E-state index in [-0.39, 0.29) is 0 Å². The first-order valence-corrected chi connectivity index (χ1v) is 23.9. The molecule has 0 fully saturated rings. The SMILES string of the molecule is C[Si]1(C)c2cc(-c3cccc([Si](c4ccccc4)(c4ccccc4)c4ccc5c6ccccc6n(-c6ccccc6)c5c4)c3)ccc2C2C=CC=CC21. The molecule has 0 radical (unpaired) electrons. The molecule has 0 amide bonds. The molecule has 0 saturated heterocycles. The van der Waals surface area contributed by atoms with Crippen LogP contribution in [0.4, 0.5) is 0 Å². The Hall–Kier alpha value is -5.75. The van der Waals surface area contributed by atoms with Gasteiger partial charge in [0.2, 0.25) is 0 Å². The molecule has 1 nitrogen and oxygen atoms in total. The Balaban J connectivity index is 1.24. The van der Waals surface area contributed by atoms with Crippen LogP contribution in [-0.4, -0.2) is 20.7 Å². The molecule has 10 rings (SSSR count). The summed E-state index contributed by atoms with van der Waals surface area (Å²) in [5, 5.41) is 9.71. The lowest BCUT2D eigenvalue weighted by Crippen LogP contribution is -2.74. The topological polar surface area (TPSA) is 4.93 Å². The fraction of sp³-hybridized carbons (Fsp3) is 0.0800. The molecule has 8 aromatic rings. The number of para-hydroxylation sites is 2. The monoisotopic (exact) mass is 711 g/mol. The molecule has 0 bridgehead atoms. The fourth-order valence-electron chi connectivity index (χ4n) is 9.73. The molecular weight excluding hydrogens is 671 g/mol. The van der Waals surface area contributed by atoms with E-state index in [0.717, 1.165) is 0 Å². The Labute approximate surface area is 314 Å². The van der Waals surface area contributed by atoms with Crippen molar-refractivity contribution in [2.24, 2.45) is 0 Å². The van der Waals surface area contributed by atoms with E-state index in [1.807, 2.05) is 0 Å². The molecular formula is C50H41NSi2. The summed E-state index contributed by atoms with van der Waals surface area (Å²) in [6, 6.07) is 66.6. The second-order valence-corrected chi connectivity index (χ2v) is 23.8. The zero-order chi connectivity index (χ0) is 35.6. The zero-order valence-electron chi connectivity index (χ0n) is 30.2. The average molecular weight is 712 g/mol. The van der Waals surface area contributed by atoms with Crippen molar-refractivity contribution in [3.05, 3.63) is 206 Å². The summed E-state index contributed by atoms with van der Waals surface area (Å²) in [7, 11) is -4.55. The summed E-state index contributed by atoms with van der Waals surface area (Å²) in [5.74, 6) is 0.509. The van der Waals surface area contributed by atoms with Gasteiger partial charge in [0.15, 0.2) is 8.07 Å². The second-order valence-electron chi connectivity index (χ2n) is 15.3. The minimum Gasteiger partial charge on any atom is -0.309 e. The van der Waals surface area contributed by atoms with Gasteiger partial charge in [-0.05, 0) is 67.2 Å². The molecule has 1 aromatic heterocycles. The lowest BCUT2D eigenvalue weighted by molar-refractivity contribution is 0.857. The Kier molecular flexibility index (Phi) is 7.50. The maximum absolute atomic E-state index is 2.85. The fourth-order valence-corrected chi connectivity index (χ4v) is 18.2. The average Bonchev–Trinajstić information content (AvgIpc) is 3.67. The summed E-state index contributed by atoms with van der Waals surface area (Å²) in [6.45, 7) is 5.13. The first-order chi connectivity index (χ1) is 26.0. The van der Waals surface area contributed by atoms with Gasteiger partial charge in [-0.15, -0.1) is 0 Å². The third kappa shape index (κ3) is 4.88. The number of hydrogen-bond donors (Lipinski definition) is 0. The minimum atomic E-state index is -2.85. The van der Waals surface area contributed by atoms with Gasteiger partial charge in [-0.3, -0.25) is 0 Å². The highest BCUT2D eigenvalue weighted by molar-refractivity contribution is 7.20. The van der Waals surface area contributed by atoms with Gasteiger partial charge < -0.3 is 4.57 Å². The molecule has 254 valence electrons. The molecule has 0 spiro atoms. The summed E-state index contributed by atoms with van der Waals surface area (Å²) in [5.41, 5.74) is 8.42. The molecule has 7 aromatic carbocycles. The molecule has 1 aliphatic carbocycles. The van der Waals surface area contributed by atoms with Crippen LogP contribution in [0.3, 0.4) is 0 Å². The van der Waals surface area contributed by atoms with Crippen molar-refractivity contribution < 1.29 is 0 Å². The Morgan fingerprint density at radius 3 is 1.83 bits per heavy atom. The van der Waals surface area contributed by atoms with Crippen LogP contribution < -0.4 is 25.9 Å². The third-order valence-corrected chi connectivity index (χ3v) is 21.0. The van der Waals surface area contributed by atoms with Gasteiger partial charge in [0.05, 0.1) is 19.1 Å². The van der Waals surface area contributed by atoms with E-state index >= 15 is 0 Å². The molecule has 1 aliphatic heterocycles. The van der Waals surface area contributed by atoms with Gasteiger partial charge in [-0.25, -0.2) is 0 Å². The van der Waals surface area contributed by atoms with Gasteiger partial charge >= 0.3 is 0 Å². The van der Waals surface area contributed by atoms with E-state index in [0.29, 0.717) is 11.5 Å². The van der Waals surface area contributed by atoms with Crippen LogP contribution in [0.5, 0.6) is 0 Å². The highest BCUT2D eigenvalue weighted by atomic mass is 28.3. The molecule has 2 unspecified atom stereocenters. The number of fused-ring (bicyclic) bond motifs is 6. The number of allylic oxidation sites excluding steroid dienone is 4. The maximum atomic E-state index is 2.56. The quantitative estimate of drug-likeness (QED) is 0.120. The lowest BCUT2D eigenvalue weighted by atomic mass is 9.91. The predicted octanol–water partition coefficient (Wildman–Crippen LogP) is 9.34. The number of benzene rings is 7. The van der Waals surface area contributed by atoms with E-state index in [4.69, 9.17) is 0 Å². The minimum absolute atomic E-state index is 0.509. The molecule has 53 heavy (non-hydrogen) atoms. The van der Waals surface area contributed by atoms with Gasteiger partial charge in [0.1, 0.15) is 0 Å². The molecule has 3 heteroatoms. The van der Waals surface area contributed by atoms with Crippen LogP contribution >= 0.6 is 0 Å². The van der Waals surface area contributed by atoms with Crippen LogP contribution in [0.15, 0.2) is 200 Å². The number of nitrogens with zero attached hydrogens (tertiary/aromatic N) is 1. The number of rotatable bonds is 6. The van der Waals surface area contributed by atoms with Crippen molar-refractivity contribution in [2.75, 3.05) is 0 Å². The summed E-state index contributed by atoms with van der Waals surface area (Å²) in [4.78, 5) is 0. The van der Waals surface area contributed by atoms with Crippen LogP contribution in [0.25, 0.3) is 38.6 Å². The van der Waals surface area contributed by atoms with Crippen molar-refractivity contribution in [2.45, 2.75) is 24.6 Å². The van der Waals surface area contributed by atoms with Gasteiger partial charge in [0, 0.05) is 22.4 Å². The highest BCUT2D eigenvalue weighted by Crippen LogP contribution is 2.47. The zero-order valence-corrected chi connectivity index (χ0v) is 32.2. The van der Waals surface area contributed by atoms with Gasteiger partial charge in [-0.1, -0.05) is 194 Å². The van der Waals surface area contributed by atoms with Crippen molar-refractivity contribution >= 4 is 63.9 Å². The molecule has 2 heterocycles. The normalized spacial score (nSPS) is 17.2. The van der Waals surface area contributed by atoms with E-state index in [1.54, 1.807) is 5.19 Å². The predicted molar refractivity (Wildman–Crippen MR) is 232 cm³/mol. The highest BCUT2D eigenvalue weighted by Gasteiger charge is 2.46. The maximum Gasteiger partial charge on any atom is 0.179 e. The Bertz CT molecular complexity index is 2670. The van der Waals surface area contributed by atoms with Crippen molar-refractivity contribution in [1.29, 1.82) is 0 Å². The van der Waals surface area contributed by atoms with Crippen molar-refractivity contribution in [3.63, 3.8) is 0 Å². The van der Waals surface area contributed by atoms with Crippen LogP contribution in [-0.2, 0) is 0 Å². The Morgan fingerprint density at radius 2 is 1.08 bits per heavy atom. The van der Waals surface area contributed by atoms with Crippen molar-refractivity contribution in [1.82, 2.24) is 4.57 Å². The largest absolute Gasteiger partial charge is 0.309 e. The third-order valence-electron chi connectivity index (χ3n) is 12.2. The standard InChI is InChI=1S/C50H41NSi2/c1-52(2)49-28-15-13-26-45(49)46-31-29-37(34-50(46)52)36-17-16-24-41(33-36)53(39-20-8-4-9-21-39,40-22-10-5-11-23-40)42-30-32-44-43-25-12-14-27-47(43)51(48(44)35-42)38-18-6-3-7-19-38/h3-35,45,49H,1-2H3. The van der Waals surface area contributed by atoms with Crippen LogP contribution in [0, 0.1) is 0 Å². The number of hydrogen-bond acceptors (Lipinski definition) is 0. The summed E-state index contributed by atoms with van der Waals surface area (Å²) in [6.07, 6.45) is 9.41. The van der Waals surface area contributed by atoms with E-state index in [2.05, 4.69) is 218 Å². The first kappa shape index (κ1) is 31.9. The van der Waals surface area contributed by atoms with Gasteiger partial charge in [-0.2, -0.15) is 0 Å². The molecule has 0 N–H and O–H groups in total. The van der Waals surface area contributed by atoms with E-state index < -0.39 is 16.1 Å². The van der Waals surface area contributed by atoms with Crippen molar-refractivity contribution in [3.8, 4) is 16.8 Å². The second kappa shape index (κ2) is 12.4. The van der Waals surface area contributed by atoms with Crippen LogP contribution in [0.2, 0.25) is 18.6 Å². The summed E-state index contributed by atoms with van der Waals surface area (Å²) < 4.78 is 2.46. The molecule has 2 atom stereocenters. The smallest absolute Gasteiger partial charge is 0.179 e. The number of aromatic nitrogens is 1. The lowest BCUT2D eigenvalue weighted by Gasteiger charge is -2.35. The van der Waals surface area contributed by atoms with Crippen LogP contribution in [0.1, 0.15) is 11.5 Å². The van der Waals surface area contributed by atoms with E-state index in [1.165, 1.54) is 64.9 Å². The molecule has 0 saturated carbocycles. The van der Waals surface area contributed by atoms with E-state index in [9.17, 15) is 0 Å². The first-order valence-electron chi connectivity index (χ1n) is 18.9. The van der Waals surface area contributed by atoms with Gasteiger partial charge in [0.25, 0.3) is 0 Å². The summed E-state index contributed by atoms with van der Waals surface area (Å²) >= 11 is 0. The Morgan fingerprint density at radius 1 is 0.472 bits per heavy atom. The molecule has 2 aliphatic rings.